The molecule has 0 aliphatic carbocycles. The first-order valence-corrected chi connectivity index (χ1v) is 5.36. The monoisotopic (exact) mass is 220 g/mol. The lowest BCUT2D eigenvalue weighted by atomic mass is 10.2. The van der Waals surface area contributed by atoms with Crippen molar-refractivity contribution in [2.75, 3.05) is 13.7 Å². The number of rotatable bonds is 5. The molecular formula is C12H16N2O2. The van der Waals surface area contributed by atoms with Crippen LogP contribution in [0.4, 0.5) is 0 Å². The zero-order chi connectivity index (χ0) is 11.4. The van der Waals surface area contributed by atoms with Gasteiger partial charge >= 0.3 is 0 Å². The van der Waals surface area contributed by atoms with Gasteiger partial charge in [0.1, 0.15) is 5.52 Å². The number of aromatic nitrogens is 1. The van der Waals surface area contributed by atoms with E-state index in [1.54, 1.807) is 0 Å². The van der Waals surface area contributed by atoms with Gasteiger partial charge in [0.25, 0.3) is 0 Å². The van der Waals surface area contributed by atoms with Crippen LogP contribution in [0.1, 0.15) is 12.5 Å². The molecule has 4 nitrogen and oxygen atoms in total. The quantitative estimate of drug-likeness (QED) is 0.836. The minimum Gasteiger partial charge on any atom is -0.443 e. The van der Waals surface area contributed by atoms with Crippen molar-refractivity contribution in [1.82, 2.24) is 10.3 Å². The number of ether oxygens (including phenoxy) is 1. The van der Waals surface area contributed by atoms with Crippen LogP contribution in [0.25, 0.3) is 11.1 Å². The average molecular weight is 220 g/mol. The Bertz CT molecular complexity index is 453. The second-order valence-electron chi connectivity index (χ2n) is 3.86. The van der Waals surface area contributed by atoms with Crippen molar-refractivity contribution < 1.29 is 9.15 Å². The van der Waals surface area contributed by atoms with E-state index in [1.807, 2.05) is 25.2 Å². The van der Waals surface area contributed by atoms with Gasteiger partial charge in [-0.25, -0.2) is 4.98 Å². The Hall–Kier alpha value is -1.39. The van der Waals surface area contributed by atoms with E-state index in [4.69, 9.17) is 9.15 Å². The third-order valence-corrected chi connectivity index (χ3v) is 2.52. The van der Waals surface area contributed by atoms with E-state index >= 15 is 0 Å². The zero-order valence-electron chi connectivity index (χ0n) is 9.56. The van der Waals surface area contributed by atoms with Crippen LogP contribution in [0.2, 0.25) is 0 Å². The molecule has 4 heteroatoms. The minimum absolute atomic E-state index is 0.371. The van der Waals surface area contributed by atoms with Gasteiger partial charge in [0.2, 0.25) is 0 Å². The molecule has 0 spiro atoms. The van der Waals surface area contributed by atoms with E-state index in [0.717, 1.165) is 16.7 Å². The van der Waals surface area contributed by atoms with Crippen molar-refractivity contribution in [3.63, 3.8) is 0 Å². The Morgan fingerprint density at radius 1 is 1.50 bits per heavy atom. The summed E-state index contributed by atoms with van der Waals surface area (Å²) in [6, 6.07) is 6.28. The number of likely N-dealkylation sites (N-methyl/N-ethyl adjacent to an activating group) is 1. The Kier molecular flexibility index (Phi) is 3.54. The molecular weight excluding hydrogens is 204 g/mol. The predicted molar refractivity (Wildman–Crippen MR) is 62.2 cm³/mol. The summed E-state index contributed by atoms with van der Waals surface area (Å²) >= 11 is 0. The standard InChI is InChI=1S/C12H16N2O2/c1-9(13-2)6-15-7-10-3-4-12-11(5-10)14-8-16-12/h3-5,8-9,13H,6-7H2,1-2H3. The Labute approximate surface area is 94.6 Å². The molecule has 1 atom stereocenters. The van der Waals surface area contributed by atoms with Crippen LogP contribution in [0, 0.1) is 0 Å². The second-order valence-corrected chi connectivity index (χ2v) is 3.86. The van der Waals surface area contributed by atoms with E-state index in [2.05, 4.69) is 17.2 Å². The van der Waals surface area contributed by atoms with Crippen molar-refractivity contribution in [2.24, 2.45) is 0 Å². The molecule has 0 amide bonds. The van der Waals surface area contributed by atoms with Crippen molar-refractivity contribution in [1.29, 1.82) is 0 Å². The van der Waals surface area contributed by atoms with Crippen LogP contribution in [0.15, 0.2) is 29.0 Å². The third kappa shape index (κ3) is 2.59. The molecule has 2 aromatic rings. The summed E-state index contributed by atoms with van der Waals surface area (Å²) in [7, 11) is 1.93. The molecule has 0 saturated carbocycles. The lowest BCUT2D eigenvalue weighted by Gasteiger charge is -2.10. The Morgan fingerprint density at radius 3 is 3.19 bits per heavy atom. The van der Waals surface area contributed by atoms with E-state index in [0.29, 0.717) is 19.3 Å². The second kappa shape index (κ2) is 5.09. The molecule has 16 heavy (non-hydrogen) atoms. The van der Waals surface area contributed by atoms with Crippen LogP contribution in [0.3, 0.4) is 0 Å². The highest BCUT2D eigenvalue weighted by Gasteiger charge is 2.02. The summed E-state index contributed by atoms with van der Waals surface area (Å²) in [5.41, 5.74) is 2.81. The minimum atomic E-state index is 0.371. The van der Waals surface area contributed by atoms with Gasteiger partial charge in [-0.1, -0.05) is 6.07 Å². The van der Waals surface area contributed by atoms with Crippen LogP contribution in [0.5, 0.6) is 0 Å². The smallest absolute Gasteiger partial charge is 0.181 e. The van der Waals surface area contributed by atoms with Gasteiger partial charge in [-0.15, -0.1) is 0 Å². The van der Waals surface area contributed by atoms with Gasteiger partial charge in [0.05, 0.1) is 13.2 Å². The highest BCUT2D eigenvalue weighted by Crippen LogP contribution is 2.14. The maximum absolute atomic E-state index is 5.58. The highest BCUT2D eigenvalue weighted by molar-refractivity contribution is 5.72. The van der Waals surface area contributed by atoms with Crippen molar-refractivity contribution in [2.45, 2.75) is 19.6 Å². The number of fused-ring (bicyclic) bond motifs is 1. The highest BCUT2D eigenvalue weighted by atomic mass is 16.5. The Balaban J connectivity index is 1.93. The first kappa shape index (κ1) is 11.1. The molecule has 0 bridgehead atoms. The molecule has 0 aliphatic heterocycles. The number of hydrogen-bond donors (Lipinski definition) is 1. The first-order valence-electron chi connectivity index (χ1n) is 5.36. The summed E-state index contributed by atoms with van der Waals surface area (Å²) < 4.78 is 10.7. The molecule has 1 aromatic carbocycles. The first-order chi connectivity index (χ1) is 7.79. The van der Waals surface area contributed by atoms with E-state index in [9.17, 15) is 0 Å². The van der Waals surface area contributed by atoms with E-state index in [-0.39, 0.29) is 0 Å². The molecule has 0 fully saturated rings. The molecule has 86 valence electrons. The van der Waals surface area contributed by atoms with Crippen molar-refractivity contribution in [3.8, 4) is 0 Å². The van der Waals surface area contributed by atoms with Gasteiger partial charge in [0, 0.05) is 6.04 Å². The maximum atomic E-state index is 5.58. The summed E-state index contributed by atoms with van der Waals surface area (Å²) in [6.45, 7) is 3.39. The topological polar surface area (TPSA) is 47.3 Å². The zero-order valence-corrected chi connectivity index (χ0v) is 9.56. The summed E-state index contributed by atoms with van der Waals surface area (Å²) in [4.78, 5) is 4.10. The fourth-order valence-corrected chi connectivity index (χ4v) is 1.43. The van der Waals surface area contributed by atoms with Crippen LogP contribution < -0.4 is 5.32 Å². The summed E-state index contributed by atoms with van der Waals surface area (Å²) in [5, 5.41) is 3.12. The average Bonchev–Trinajstić information content (AvgIpc) is 2.76. The SMILES string of the molecule is CNC(C)COCc1ccc2ocnc2c1. The van der Waals surface area contributed by atoms with Crippen LogP contribution in [-0.4, -0.2) is 24.7 Å². The van der Waals surface area contributed by atoms with Gasteiger partial charge in [0.15, 0.2) is 12.0 Å². The molecule has 2 rings (SSSR count). The lowest BCUT2D eigenvalue weighted by molar-refractivity contribution is 0.105. The molecule has 0 saturated heterocycles. The van der Waals surface area contributed by atoms with E-state index in [1.165, 1.54) is 6.39 Å². The van der Waals surface area contributed by atoms with Crippen LogP contribution >= 0.6 is 0 Å². The van der Waals surface area contributed by atoms with Gasteiger partial charge in [-0.3, -0.25) is 0 Å². The maximum Gasteiger partial charge on any atom is 0.181 e. The van der Waals surface area contributed by atoms with Crippen molar-refractivity contribution >= 4 is 11.1 Å². The molecule has 0 radical (unpaired) electrons. The number of benzene rings is 1. The third-order valence-electron chi connectivity index (χ3n) is 2.52. The molecule has 1 unspecified atom stereocenters. The van der Waals surface area contributed by atoms with Gasteiger partial charge in [-0.2, -0.15) is 0 Å². The Morgan fingerprint density at radius 2 is 2.38 bits per heavy atom. The summed E-state index contributed by atoms with van der Waals surface area (Å²) in [5.74, 6) is 0. The number of oxazole rings is 1. The number of nitrogens with one attached hydrogen (secondary N) is 1. The van der Waals surface area contributed by atoms with Gasteiger partial charge in [-0.05, 0) is 31.7 Å². The van der Waals surface area contributed by atoms with Crippen molar-refractivity contribution in [3.05, 3.63) is 30.2 Å². The molecule has 1 N–H and O–H groups in total. The fraction of sp³-hybridized carbons (Fsp3) is 0.417. The van der Waals surface area contributed by atoms with Crippen LogP contribution in [-0.2, 0) is 11.3 Å². The molecule has 0 aliphatic rings. The lowest BCUT2D eigenvalue weighted by Crippen LogP contribution is -2.26. The normalized spacial score (nSPS) is 13.1. The van der Waals surface area contributed by atoms with E-state index < -0.39 is 0 Å². The predicted octanol–water partition coefficient (Wildman–Crippen LogP) is 1.95. The molecule has 1 aromatic heterocycles. The van der Waals surface area contributed by atoms with Gasteiger partial charge < -0.3 is 14.5 Å². The molecule has 1 heterocycles. The number of hydrogen-bond acceptors (Lipinski definition) is 4. The number of nitrogens with zero attached hydrogens (tertiary/aromatic N) is 1. The largest absolute Gasteiger partial charge is 0.443 e. The summed E-state index contributed by atoms with van der Waals surface area (Å²) in [6.07, 6.45) is 1.46. The fourth-order valence-electron chi connectivity index (χ4n) is 1.43.